The number of guanidine groups is 1. The summed E-state index contributed by atoms with van der Waals surface area (Å²) in [5, 5.41) is 9.32. The molecule has 2 aromatic carbocycles. The number of ether oxygens (including phenoxy) is 1. The number of nitrogens with one attached hydrogen (secondary N) is 3. The highest BCUT2D eigenvalue weighted by Crippen LogP contribution is 2.10. The van der Waals surface area contributed by atoms with Crippen LogP contribution in [-0.4, -0.2) is 39.1 Å². The highest BCUT2D eigenvalue weighted by molar-refractivity contribution is 14.0. The third kappa shape index (κ3) is 8.41. The van der Waals surface area contributed by atoms with E-state index in [0.717, 1.165) is 24.5 Å². The van der Waals surface area contributed by atoms with Crippen LogP contribution in [0, 0.1) is 0 Å². The zero-order valence-corrected chi connectivity index (χ0v) is 19.7. The first-order chi connectivity index (χ1) is 13.7. The summed E-state index contributed by atoms with van der Waals surface area (Å²) in [5.41, 5.74) is 4.15. The molecular formula is C22H31IN4O2. The predicted molar refractivity (Wildman–Crippen MR) is 129 cm³/mol. The second-order valence-electron chi connectivity index (χ2n) is 6.29. The van der Waals surface area contributed by atoms with Crippen LogP contribution in [0.4, 0.5) is 0 Å². The SMILES string of the molecule is CCOCc1ccccc1CNC(=NC)NCCc1cccc(C(=O)NC)c1.I. The minimum atomic E-state index is -0.0713. The number of carbonyl (C=O) groups is 1. The van der Waals surface area contributed by atoms with Gasteiger partial charge in [0.15, 0.2) is 5.96 Å². The van der Waals surface area contributed by atoms with Gasteiger partial charge in [0, 0.05) is 39.4 Å². The zero-order chi connectivity index (χ0) is 20.2. The molecule has 3 N–H and O–H groups in total. The normalized spacial score (nSPS) is 10.8. The van der Waals surface area contributed by atoms with E-state index in [1.807, 2.05) is 43.3 Å². The molecule has 0 spiro atoms. The lowest BCUT2D eigenvalue weighted by Crippen LogP contribution is -2.38. The highest BCUT2D eigenvalue weighted by atomic mass is 127. The molecule has 0 heterocycles. The molecule has 0 saturated heterocycles. The lowest BCUT2D eigenvalue weighted by Gasteiger charge is -2.14. The van der Waals surface area contributed by atoms with Crippen molar-refractivity contribution in [1.82, 2.24) is 16.0 Å². The van der Waals surface area contributed by atoms with Crippen molar-refractivity contribution < 1.29 is 9.53 Å². The maximum absolute atomic E-state index is 11.7. The second kappa shape index (κ2) is 13.9. The second-order valence-corrected chi connectivity index (χ2v) is 6.29. The quantitative estimate of drug-likeness (QED) is 0.276. The lowest BCUT2D eigenvalue weighted by molar-refractivity contribution is 0.0963. The first-order valence-electron chi connectivity index (χ1n) is 9.58. The van der Waals surface area contributed by atoms with Crippen LogP contribution in [0.1, 0.15) is 34.0 Å². The molecule has 158 valence electrons. The first-order valence-corrected chi connectivity index (χ1v) is 9.58. The number of aliphatic imine (C=N–C) groups is 1. The molecular weight excluding hydrogens is 479 g/mol. The third-order valence-electron chi connectivity index (χ3n) is 4.37. The Morgan fingerprint density at radius 3 is 2.52 bits per heavy atom. The molecule has 0 saturated carbocycles. The van der Waals surface area contributed by atoms with E-state index in [9.17, 15) is 4.79 Å². The van der Waals surface area contributed by atoms with Gasteiger partial charge in [0.05, 0.1) is 6.61 Å². The number of hydrogen-bond acceptors (Lipinski definition) is 3. The molecule has 0 fully saturated rings. The van der Waals surface area contributed by atoms with Gasteiger partial charge in [-0.3, -0.25) is 9.79 Å². The lowest BCUT2D eigenvalue weighted by atomic mass is 10.1. The van der Waals surface area contributed by atoms with E-state index in [0.29, 0.717) is 25.3 Å². The molecule has 7 heteroatoms. The van der Waals surface area contributed by atoms with Gasteiger partial charge in [-0.2, -0.15) is 0 Å². The average molecular weight is 510 g/mol. The summed E-state index contributed by atoms with van der Waals surface area (Å²) in [4.78, 5) is 16.0. The minimum absolute atomic E-state index is 0. The number of rotatable bonds is 9. The summed E-state index contributed by atoms with van der Waals surface area (Å²) >= 11 is 0. The van der Waals surface area contributed by atoms with Crippen molar-refractivity contribution in [2.45, 2.75) is 26.5 Å². The number of hydrogen-bond donors (Lipinski definition) is 3. The largest absolute Gasteiger partial charge is 0.377 e. The van der Waals surface area contributed by atoms with Gasteiger partial charge in [0.2, 0.25) is 0 Å². The molecule has 0 aliphatic heterocycles. The van der Waals surface area contributed by atoms with Crippen molar-refractivity contribution in [3.8, 4) is 0 Å². The Hall–Kier alpha value is -2.13. The maximum atomic E-state index is 11.7. The Balaban J connectivity index is 0.00000420. The number of halogens is 1. The van der Waals surface area contributed by atoms with Gasteiger partial charge >= 0.3 is 0 Å². The van der Waals surface area contributed by atoms with Crippen LogP contribution in [-0.2, 0) is 24.3 Å². The predicted octanol–water partition coefficient (Wildman–Crippen LogP) is 3.11. The van der Waals surface area contributed by atoms with Gasteiger partial charge in [-0.1, -0.05) is 36.4 Å². The zero-order valence-electron chi connectivity index (χ0n) is 17.3. The van der Waals surface area contributed by atoms with E-state index < -0.39 is 0 Å². The van der Waals surface area contributed by atoms with Crippen LogP contribution < -0.4 is 16.0 Å². The van der Waals surface area contributed by atoms with Gasteiger partial charge in [0.25, 0.3) is 5.91 Å². The number of carbonyl (C=O) groups excluding carboxylic acids is 1. The fourth-order valence-electron chi connectivity index (χ4n) is 2.82. The van der Waals surface area contributed by atoms with Crippen LogP contribution in [0.5, 0.6) is 0 Å². The summed E-state index contributed by atoms with van der Waals surface area (Å²) in [6, 6.07) is 15.9. The van der Waals surface area contributed by atoms with Crippen molar-refractivity contribution in [3.05, 3.63) is 70.8 Å². The fraction of sp³-hybridized carbons (Fsp3) is 0.364. The molecule has 1 amide bonds. The van der Waals surface area contributed by atoms with Crippen molar-refractivity contribution >= 4 is 35.8 Å². The minimum Gasteiger partial charge on any atom is -0.377 e. The standard InChI is InChI=1S/C22H30N4O2.HI/c1-4-28-16-20-10-6-5-9-19(20)15-26-22(24-3)25-13-12-17-8-7-11-18(14-17)21(27)23-2;/h5-11,14H,4,12-13,15-16H2,1-3H3,(H,23,27)(H2,24,25,26);1H. The Labute approximate surface area is 190 Å². The van der Waals surface area contributed by atoms with Crippen LogP contribution in [0.25, 0.3) is 0 Å². The summed E-state index contributed by atoms with van der Waals surface area (Å²) < 4.78 is 5.54. The Bertz CT molecular complexity index is 796. The summed E-state index contributed by atoms with van der Waals surface area (Å²) in [6.07, 6.45) is 0.798. The van der Waals surface area contributed by atoms with E-state index in [-0.39, 0.29) is 29.9 Å². The van der Waals surface area contributed by atoms with E-state index in [2.05, 4.69) is 33.1 Å². The molecule has 0 atom stereocenters. The van der Waals surface area contributed by atoms with E-state index in [1.165, 1.54) is 11.1 Å². The molecule has 0 aliphatic rings. The Morgan fingerprint density at radius 2 is 1.83 bits per heavy atom. The van der Waals surface area contributed by atoms with Crippen LogP contribution in [0.2, 0.25) is 0 Å². The fourth-order valence-corrected chi connectivity index (χ4v) is 2.82. The highest BCUT2D eigenvalue weighted by Gasteiger charge is 2.05. The number of nitrogens with zero attached hydrogens (tertiary/aromatic N) is 1. The smallest absolute Gasteiger partial charge is 0.251 e. The molecule has 2 rings (SSSR count). The van der Waals surface area contributed by atoms with Crippen LogP contribution in [0.15, 0.2) is 53.5 Å². The van der Waals surface area contributed by atoms with Gasteiger partial charge < -0.3 is 20.7 Å². The summed E-state index contributed by atoms with van der Waals surface area (Å²) in [7, 11) is 3.40. The van der Waals surface area contributed by atoms with Gasteiger partial charge in [0.1, 0.15) is 0 Å². The van der Waals surface area contributed by atoms with Crippen molar-refractivity contribution in [2.24, 2.45) is 4.99 Å². The molecule has 0 bridgehead atoms. The molecule has 29 heavy (non-hydrogen) atoms. The van der Waals surface area contributed by atoms with E-state index >= 15 is 0 Å². The first kappa shape index (κ1) is 24.9. The third-order valence-corrected chi connectivity index (χ3v) is 4.37. The van der Waals surface area contributed by atoms with Crippen molar-refractivity contribution in [3.63, 3.8) is 0 Å². The Morgan fingerprint density at radius 1 is 1.07 bits per heavy atom. The van der Waals surface area contributed by atoms with E-state index in [4.69, 9.17) is 4.74 Å². The average Bonchev–Trinajstić information content (AvgIpc) is 2.74. The van der Waals surface area contributed by atoms with E-state index in [1.54, 1.807) is 14.1 Å². The molecule has 0 aliphatic carbocycles. The van der Waals surface area contributed by atoms with Crippen LogP contribution in [0.3, 0.4) is 0 Å². The maximum Gasteiger partial charge on any atom is 0.251 e. The van der Waals surface area contributed by atoms with Crippen LogP contribution >= 0.6 is 24.0 Å². The molecule has 0 aromatic heterocycles. The van der Waals surface area contributed by atoms with Gasteiger partial charge in [-0.05, 0) is 42.2 Å². The van der Waals surface area contributed by atoms with Gasteiger partial charge in [-0.25, -0.2) is 0 Å². The number of amides is 1. The molecule has 6 nitrogen and oxygen atoms in total. The molecule has 2 aromatic rings. The molecule has 0 radical (unpaired) electrons. The topological polar surface area (TPSA) is 74.8 Å². The van der Waals surface area contributed by atoms with Gasteiger partial charge in [-0.15, -0.1) is 24.0 Å². The van der Waals surface area contributed by atoms with Crippen molar-refractivity contribution in [2.75, 3.05) is 27.2 Å². The summed E-state index contributed by atoms with van der Waals surface area (Å²) in [5.74, 6) is 0.673. The monoisotopic (exact) mass is 510 g/mol. The molecule has 0 unspecified atom stereocenters. The summed E-state index contributed by atoms with van der Waals surface area (Å²) in [6.45, 7) is 4.71. The number of benzene rings is 2. The van der Waals surface area contributed by atoms with Crippen molar-refractivity contribution in [1.29, 1.82) is 0 Å². The Kier molecular flexibility index (Phi) is 12.0.